The molecular formula is C53H43N3S. The van der Waals surface area contributed by atoms with Gasteiger partial charge in [-0.25, -0.2) is 0 Å². The van der Waals surface area contributed by atoms with Crippen molar-refractivity contribution in [2.45, 2.75) is 25.0 Å². The number of aryl methyl sites for hydroxylation is 1. The highest BCUT2D eigenvalue weighted by atomic mass is 32.1. The van der Waals surface area contributed by atoms with E-state index in [-0.39, 0.29) is 6.17 Å². The van der Waals surface area contributed by atoms with E-state index in [4.69, 9.17) is 5.73 Å². The molecule has 2 unspecified atom stereocenters. The maximum atomic E-state index is 7.52. The SMILES string of the molecule is Cc1ccccc1C1(c2ccccc2)c2ccccc2-c2ccc(-c3ccccc3)c(NCN(Cc3ccccc3)C(N)c3cccc4c3sc3ccccc34)c21. The number of rotatable bonds is 10. The Morgan fingerprint density at radius 1 is 0.579 bits per heavy atom. The van der Waals surface area contributed by atoms with E-state index in [2.05, 4.69) is 211 Å². The molecule has 0 aliphatic heterocycles. The molecule has 1 heterocycles. The average molecular weight is 754 g/mol. The van der Waals surface area contributed by atoms with Gasteiger partial charge in [-0.3, -0.25) is 4.90 Å². The Morgan fingerprint density at radius 2 is 1.21 bits per heavy atom. The molecule has 3 nitrogen and oxygen atoms in total. The Balaban J connectivity index is 1.19. The predicted octanol–water partition coefficient (Wildman–Crippen LogP) is 12.9. The number of hydrogen-bond acceptors (Lipinski definition) is 4. The Bertz CT molecular complexity index is 2870. The van der Waals surface area contributed by atoms with Gasteiger partial charge in [0, 0.05) is 49.1 Å². The molecule has 8 aromatic carbocycles. The smallest absolute Gasteiger partial charge is 0.0866 e. The van der Waals surface area contributed by atoms with Gasteiger partial charge < -0.3 is 11.1 Å². The van der Waals surface area contributed by atoms with Crippen molar-refractivity contribution >= 4 is 37.2 Å². The third kappa shape index (κ3) is 5.88. The van der Waals surface area contributed by atoms with E-state index in [0.29, 0.717) is 13.2 Å². The van der Waals surface area contributed by atoms with Crippen molar-refractivity contribution in [3.63, 3.8) is 0 Å². The van der Waals surface area contributed by atoms with Crippen LogP contribution < -0.4 is 11.1 Å². The molecule has 0 fully saturated rings. The van der Waals surface area contributed by atoms with Gasteiger partial charge in [0.1, 0.15) is 0 Å². The van der Waals surface area contributed by atoms with E-state index in [1.807, 2.05) is 11.3 Å². The zero-order chi connectivity index (χ0) is 38.3. The summed E-state index contributed by atoms with van der Waals surface area (Å²) in [5.41, 5.74) is 21.6. The van der Waals surface area contributed by atoms with Crippen molar-refractivity contribution in [2.24, 2.45) is 5.73 Å². The second-order valence-corrected chi connectivity index (χ2v) is 16.1. The maximum absolute atomic E-state index is 7.52. The van der Waals surface area contributed by atoms with Crippen LogP contribution in [0.1, 0.15) is 45.1 Å². The van der Waals surface area contributed by atoms with Crippen molar-refractivity contribution in [3.05, 3.63) is 233 Å². The van der Waals surface area contributed by atoms with E-state index in [9.17, 15) is 0 Å². The molecule has 0 bridgehead atoms. The van der Waals surface area contributed by atoms with E-state index in [0.717, 1.165) is 16.8 Å². The van der Waals surface area contributed by atoms with E-state index in [1.54, 1.807) is 0 Å². The maximum Gasteiger partial charge on any atom is 0.0866 e. The molecule has 9 aromatic rings. The van der Waals surface area contributed by atoms with Crippen molar-refractivity contribution in [1.82, 2.24) is 4.90 Å². The summed E-state index contributed by atoms with van der Waals surface area (Å²) in [5.74, 6) is 0. The quantitative estimate of drug-likeness (QED) is 0.137. The van der Waals surface area contributed by atoms with Crippen LogP contribution in [0.3, 0.4) is 0 Å². The van der Waals surface area contributed by atoms with Crippen LogP contribution in [-0.4, -0.2) is 11.6 Å². The van der Waals surface area contributed by atoms with Crippen LogP contribution in [0, 0.1) is 6.92 Å². The van der Waals surface area contributed by atoms with Gasteiger partial charge >= 0.3 is 0 Å². The fourth-order valence-electron chi connectivity index (χ4n) is 9.30. The molecular weight excluding hydrogens is 711 g/mol. The second kappa shape index (κ2) is 14.6. The van der Waals surface area contributed by atoms with Gasteiger partial charge in [0.05, 0.1) is 18.2 Å². The van der Waals surface area contributed by atoms with Gasteiger partial charge in [-0.2, -0.15) is 0 Å². The third-order valence-electron chi connectivity index (χ3n) is 11.9. The van der Waals surface area contributed by atoms with Gasteiger partial charge in [0.15, 0.2) is 0 Å². The molecule has 4 heteroatoms. The zero-order valence-electron chi connectivity index (χ0n) is 31.9. The molecule has 3 N–H and O–H groups in total. The topological polar surface area (TPSA) is 41.3 Å². The lowest BCUT2D eigenvalue weighted by Gasteiger charge is -2.38. The molecule has 1 aliphatic rings. The molecule has 276 valence electrons. The summed E-state index contributed by atoms with van der Waals surface area (Å²) < 4.78 is 2.52. The third-order valence-corrected chi connectivity index (χ3v) is 13.1. The van der Waals surface area contributed by atoms with Crippen LogP contribution in [0.2, 0.25) is 0 Å². The molecule has 0 radical (unpaired) electrons. The fraction of sp³-hybridized carbons (Fsp3) is 0.0943. The molecule has 1 aromatic heterocycles. The van der Waals surface area contributed by atoms with E-state index in [1.165, 1.54) is 70.2 Å². The van der Waals surface area contributed by atoms with Crippen LogP contribution in [0.5, 0.6) is 0 Å². The second-order valence-electron chi connectivity index (χ2n) is 15.1. The van der Waals surface area contributed by atoms with Gasteiger partial charge in [-0.1, -0.05) is 188 Å². The standard InChI is InChI=1S/C53H43N3S/c1-36-18-11-14-29-46(36)53(39-23-9-4-10-24-39)47-30-15-12-25-41(47)43-33-32-40(38-21-7-3-8-22-38)50(49(43)53)55-35-56(34-37-19-5-2-6-20-37)52(54)45-28-17-27-44-42-26-13-16-31-48(42)57-51(44)45/h2-33,52,55H,34-35,54H2,1H3. The lowest BCUT2D eigenvalue weighted by Crippen LogP contribution is -2.38. The largest absolute Gasteiger partial charge is 0.371 e. The summed E-state index contributed by atoms with van der Waals surface area (Å²) in [6.07, 6.45) is -0.376. The Hall–Kier alpha value is -6.30. The molecule has 0 saturated heterocycles. The molecule has 0 amide bonds. The molecule has 10 rings (SSSR count). The number of benzene rings is 8. The normalized spacial score (nSPS) is 15.1. The molecule has 2 atom stereocenters. The fourth-order valence-corrected chi connectivity index (χ4v) is 10.6. The summed E-state index contributed by atoms with van der Waals surface area (Å²) in [6.45, 7) is 3.44. The number of nitrogens with one attached hydrogen (secondary N) is 1. The molecule has 1 aliphatic carbocycles. The van der Waals surface area contributed by atoms with Crippen molar-refractivity contribution in [1.29, 1.82) is 0 Å². The summed E-state index contributed by atoms with van der Waals surface area (Å²) in [6, 6.07) is 70.5. The lowest BCUT2D eigenvalue weighted by atomic mass is 9.65. The molecule has 57 heavy (non-hydrogen) atoms. The van der Waals surface area contributed by atoms with Crippen LogP contribution >= 0.6 is 11.3 Å². The Kier molecular flexibility index (Phi) is 9.03. The van der Waals surface area contributed by atoms with Crippen molar-refractivity contribution in [3.8, 4) is 22.3 Å². The Morgan fingerprint density at radius 3 is 2.00 bits per heavy atom. The summed E-state index contributed by atoms with van der Waals surface area (Å²) in [5, 5.41) is 6.69. The van der Waals surface area contributed by atoms with Crippen LogP contribution in [0.15, 0.2) is 194 Å². The van der Waals surface area contributed by atoms with Gasteiger partial charge in [0.25, 0.3) is 0 Å². The van der Waals surface area contributed by atoms with Crippen LogP contribution in [-0.2, 0) is 12.0 Å². The average Bonchev–Trinajstić information content (AvgIpc) is 3.80. The minimum atomic E-state index is -0.583. The lowest BCUT2D eigenvalue weighted by molar-refractivity contribution is 0.208. The number of hydrogen-bond donors (Lipinski definition) is 2. The summed E-state index contributed by atoms with van der Waals surface area (Å²) >= 11 is 1.83. The monoisotopic (exact) mass is 753 g/mol. The van der Waals surface area contributed by atoms with Gasteiger partial charge in [-0.15, -0.1) is 11.3 Å². The highest BCUT2D eigenvalue weighted by molar-refractivity contribution is 7.26. The van der Waals surface area contributed by atoms with Crippen molar-refractivity contribution < 1.29 is 0 Å². The minimum Gasteiger partial charge on any atom is -0.371 e. The number of nitrogens with two attached hydrogens (primary N) is 1. The van der Waals surface area contributed by atoms with E-state index >= 15 is 0 Å². The molecule has 0 spiro atoms. The minimum absolute atomic E-state index is 0.376. The highest BCUT2D eigenvalue weighted by Crippen LogP contribution is 2.60. The van der Waals surface area contributed by atoms with Crippen molar-refractivity contribution in [2.75, 3.05) is 12.0 Å². The first-order chi connectivity index (χ1) is 28.1. The highest BCUT2D eigenvalue weighted by Gasteiger charge is 2.48. The van der Waals surface area contributed by atoms with Crippen LogP contribution in [0.25, 0.3) is 42.4 Å². The first-order valence-corrected chi connectivity index (χ1v) is 20.6. The Labute approximate surface area is 338 Å². The summed E-state index contributed by atoms with van der Waals surface area (Å²) in [4.78, 5) is 2.39. The first kappa shape index (κ1) is 35.1. The number of fused-ring (bicyclic) bond motifs is 6. The van der Waals surface area contributed by atoms with E-state index < -0.39 is 5.41 Å². The number of nitrogens with zero attached hydrogens (tertiary/aromatic N) is 1. The predicted molar refractivity (Wildman–Crippen MR) is 241 cm³/mol. The number of anilines is 1. The van der Waals surface area contributed by atoms with Crippen LogP contribution in [0.4, 0.5) is 5.69 Å². The zero-order valence-corrected chi connectivity index (χ0v) is 32.7. The number of thiophene rings is 1. The molecule has 0 saturated carbocycles. The van der Waals surface area contributed by atoms with Gasteiger partial charge in [0.2, 0.25) is 0 Å². The first-order valence-electron chi connectivity index (χ1n) is 19.7. The summed E-state index contributed by atoms with van der Waals surface area (Å²) in [7, 11) is 0. The van der Waals surface area contributed by atoms with Gasteiger partial charge in [-0.05, 0) is 57.5 Å².